The fourth-order valence-electron chi connectivity index (χ4n) is 2.18. The summed E-state index contributed by atoms with van der Waals surface area (Å²) in [5.41, 5.74) is 5.01. The molecule has 10 nitrogen and oxygen atoms in total. The molecule has 0 bridgehead atoms. The molecule has 156 valence electrons. The highest BCUT2D eigenvalue weighted by Gasteiger charge is 2.15. The van der Waals surface area contributed by atoms with Crippen molar-refractivity contribution in [3.05, 3.63) is 51.0 Å². The lowest BCUT2D eigenvalue weighted by molar-refractivity contribution is -0.113. The standard InChI is InChI=1S/C17H16FN7O3S2/c1-2-11-24-25-17(30-11)20-10(26)7-29-16-22-13(19)12(15(28)23-16)21-14(27)8-3-5-9(18)6-4-8/h3-6H,2,7H2,1H3,(H,21,27)(H,20,25,26)(H3,19,22,23,28). The van der Waals surface area contributed by atoms with Crippen LogP contribution in [0.1, 0.15) is 22.3 Å². The second-order valence-electron chi connectivity index (χ2n) is 5.78. The zero-order valence-corrected chi connectivity index (χ0v) is 17.2. The summed E-state index contributed by atoms with van der Waals surface area (Å²) in [4.78, 5) is 42.9. The first-order valence-electron chi connectivity index (χ1n) is 8.57. The lowest BCUT2D eigenvalue weighted by Gasteiger charge is -2.08. The Morgan fingerprint density at radius 2 is 1.97 bits per heavy atom. The third-order valence-corrected chi connectivity index (χ3v) is 5.48. The van der Waals surface area contributed by atoms with Crippen molar-refractivity contribution in [2.45, 2.75) is 18.5 Å². The van der Waals surface area contributed by atoms with Gasteiger partial charge in [0.25, 0.3) is 11.5 Å². The molecule has 0 aliphatic heterocycles. The fourth-order valence-corrected chi connectivity index (χ4v) is 3.55. The predicted molar refractivity (Wildman–Crippen MR) is 112 cm³/mol. The first-order chi connectivity index (χ1) is 14.4. The summed E-state index contributed by atoms with van der Waals surface area (Å²) in [5, 5.41) is 14.0. The van der Waals surface area contributed by atoms with Crippen LogP contribution in [0.2, 0.25) is 0 Å². The number of carbonyl (C=O) groups excluding carboxylic acids is 2. The molecule has 0 unspecified atom stereocenters. The number of aromatic nitrogens is 4. The maximum Gasteiger partial charge on any atom is 0.277 e. The lowest BCUT2D eigenvalue weighted by atomic mass is 10.2. The minimum Gasteiger partial charge on any atom is -0.382 e. The zero-order chi connectivity index (χ0) is 21.7. The van der Waals surface area contributed by atoms with Crippen LogP contribution in [-0.4, -0.2) is 37.7 Å². The normalized spacial score (nSPS) is 10.6. The average molecular weight is 449 g/mol. The predicted octanol–water partition coefficient (Wildman–Crippen LogP) is 1.89. The number of hydrogen-bond acceptors (Lipinski definition) is 9. The maximum atomic E-state index is 13.0. The highest BCUT2D eigenvalue weighted by Crippen LogP contribution is 2.19. The average Bonchev–Trinajstić information content (AvgIpc) is 3.17. The summed E-state index contributed by atoms with van der Waals surface area (Å²) in [5.74, 6) is -1.75. The van der Waals surface area contributed by atoms with Crippen molar-refractivity contribution in [3.8, 4) is 0 Å². The van der Waals surface area contributed by atoms with Crippen molar-refractivity contribution >= 4 is 51.5 Å². The molecule has 3 aromatic rings. The number of amides is 2. The van der Waals surface area contributed by atoms with Gasteiger partial charge in [-0.15, -0.1) is 10.2 Å². The summed E-state index contributed by atoms with van der Waals surface area (Å²) >= 11 is 2.23. The molecule has 0 aliphatic rings. The summed E-state index contributed by atoms with van der Waals surface area (Å²) in [6.07, 6.45) is 0.719. The van der Waals surface area contributed by atoms with E-state index in [-0.39, 0.29) is 33.9 Å². The van der Waals surface area contributed by atoms with Gasteiger partial charge in [0.1, 0.15) is 16.5 Å². The Hall–Kier alpha value is -3.32. The van der Waals surface area contributed by atoms with Gasteiger partial charge in [0.05, 0.1) is 5.75 Å². The number of hydrogen-bond donors (Lipinski definition) is 4. The SMILES string of the molecule is CCc1nnc(NC(=O)CSc2nc(N)c(NC(=O)c3ccc(F)cc3)c(=O)[nH]2)s1. The van der Waals surface area contributed by atoms with E-state index in [1.807, 2.05) is 6.92 Å². The third kappa shape index (κ3) is 5.39. The van der Waals surface area contributed by atoms with Gasteiger partial charge in [-0.1, -0.05) is 30.0 Å². The molecular weight excluding hydrogens is 433 g/mol. The van der Waals surface area contributed by atoms with E-state index in [2.05, 4.69) is 30.8 Å². The smallest absolute Gasteiger partial charge is 0.277 e. The molecule has 0 radical (unpaired) electrons. The number of aryl methyl sites for hydroxylation is 1. The Kier molecular flexibility index (Phi) is 6.74. The van der Waals surface area contributed by atoms with Gasteiger partial charge in [0.2, 0.25) is 11.0 Å². The topological polar surface area (TPSA) is 156 Å². The Balaban J connectivity index is 1.62. The van der Waals surface area contributed by atoms with E-state index in [0.29, 0.717) is 5.13 Å². The molecule has 30 heavy (non-hydrogen) atoms. The minimum atomic E-state index is -0.683. The van der Waals surface area contributed by atoms with Gasteiger partial charge in [0.15, 0.2) is 11.0 Å². The van der Waals surface area contributed by atoms with Crippen LogP contribution in [-0.2, 0) is 11.2 Å². The number of nitrogens with two attached hydrogens (primary N) is 1. The van der Waals surface area contributed by atoms with Crippen LogP contribution in [0.15, 0.2) is 34.2 Å². The number of halogens is 1. The number of thioether (sulfide) groups is 1. The van der Waals surface area contributed by atoms with E-state index in [1.165, 1.54) is 23.5 Å². The summed E-state index contributed by atoms with van der Waals surface area (Å²) in [6.45, 7) is 1.93. The van der Waals surface area contributed by atoms with Gasteiger partial charge in [0, 0.05) is 5.56 Å². The van der Waals surface area contributed by atoms with E-state index in [1.54, 1.807) is 0 Å². The molecule has 0 atom stereocenters. The van der Waals surface area contributed by atoms with E-state index in [0.717, 1.165) is 35.3 Å². The van der Waals surface area contributed by atoms with Gasteiger partial charge >= 0.3 is 0 Å². The van der Waals surface area contributed by atoms with Crippen LogP contribution >= 0.6 is 23.1 Å². The maximum absolute atomic E-state index is 13.0. The molecule has 2 aromatic heterocycles. The quantitative estimate of drug-likeness (QED) is 0.315. The van der Waals surface area contributed by atoms with Gasteiger partial charge in [-0.25, -0.2) is 9.37 Å². The molecule has 0 fully saturated rings. The highest BCUT2D eigenvalue weighted by atomic mass is 32.2. The van der Waals surface area contributed by atoms with Crippen molar-refractivity contribution in [1.82, 2.24) is 20.2 Å². The van der Waals surface area contributed by atoms with Crippen LogP contribution < -0.4 is 21.9 Å². The number of carbonyl (C=O) groups is 2. The Labute approximate surface area is 177 Å². The Morgan fingerprint density at radius 3 is 2.60 bits per heavy atom. The number of aromatic amines is 1. The molecule has 2 heterocycles. The number of nitrogens with zero attached hydrogens (tertiary/aromatic N) is 3. The second-order valence-corrected chi connectivity index (χ2v) is 7.81. The van der Waals surface area contributed by atoms with Crippen LogP contribution in [0.25, 0.3) is 0 Å². The number of anilines is 3. The van der Waals surface area contributed by atoms with Crippen LogP contribution in [0.4, 0.5) is 21.0 Å². The van der Waals surface area contributed by atoms with Crippen molar-refractivity contribution in [3.63, 3.8) is 0 Å². The Bertz CT molecular complexity index is 1130. The molecular formula is C17H16FN7O3S2. The summed E-state index contributed by atoms with van der Waals surface area (Å²) in [7, 11) is 0. The molecule has 5 N–H and O–H groups in total. The first kappa shape index (κ1) is 21.4. The fraction of sp³-hybridized carbons (Fsp3) is 0.176. The van der Waals surface area contributed by atoms with Crippen molar-refractivity contribution in [2.75, 3.05) is 22.1 Å². The molecule has 0 spiro atoms. The third-order valence-electron chi connectivity index (χ3n) is 3.63. The molecule has 1 aromatic carbocycles. The Morgan fingerprint density at radius 1 is 1.23 bits per heavy atom. The number of H-pyrrole nitrogens is 1. The molecule has 3 rings (SSSR count). The molecule has 0 saturated carbocycles. The highest BCUT2D eigenvalue weighted by molar-refractivity contribution is 7.99. The number of nitrogens with one attached hydrogen (secondary N) is 3. The largest absolute Gasteiger partial charge is 0.382 e. The zero-order valence-electron chi connectivity index (χ0n) is 15.6. The van der Waals surface area contributed by atoms with Gasteiger partial charge < -0.3 is 11.1 Å². The van der Waals surface area contributed by atoms with Gasteiger partial charge in [-0.2, -0.15) is 0 Å². The number of benzene rings is 1. The van der Waals surface area contributed by atoms with E-state index < -0.39 is 17.3 Å². The second kappa shape index (κ2) is 9.45. The van der Waals surface area contributed by atoms with Crippen LogP contribution in [0, 0.1) is 5.82 Å². The van der Waals surface area contributed by atoms with E-state index in [9.17, 15) is 18.8 Å². The van der Waals surface area contributed by atoms with Gasteiger partial charge in [-0.05, 0) is 30.7 Å². The summed E-state index contributed by atoms with van der Waals surface area (Å²) < 4.78 is 13.0. The van der Waals surface area contributed by atoms with Crippen LogP contribution in [0.3, 0.4) is 0 Å². The van der Waals surface area contributed by atoms with Crippen molar-refractivity contribution in [1.29, 1.82) is 0 Å². The monoisotopic (exact) mass is 449 g/mol. The van der Waals surface area contributed by atoms with Crippen LogP contribution in [0.5, 0.6) is 0 Å². The molecule has 13 heteroatoms. The van der Waals surface area contributed by atoms with Crippen molar-refractivity contribution in [2.24, 2.45) is 0 Å². The molecule has 0 saturated heterocycles. The lowest BCUT2D eigenvalue weighted by Crippen LogP contribution is -2.23. The number of rotatable bonds is 7. The van der Waals surface area contributed by atoms with Gasteiger partial charge in [-0.3, -0.25) is 24.7 Å². The first-order valence-corrected chi connectivity index (χ1v) is 10.4. The van der Waals surface area contributed by atoms with E-state index in [4.69, 9.17) is 5.73 Å². The van der Waals surface area contributed by atoms with Crippen molar-refractivity contribution < 1.29 is 14.0 Å². The number of nitrogen functional groups attached to an aromatic ring is 1. The minimum absolute atomic E-state index is 0.0509. The summed E-state index contributed by atoms with van der Waals surface area (Å²) in [6, 6.07) is 4.78. The molecule has 2 amide bonds. The molecule has 0 aliphatic carbocycles. The van der Waals surface area contributed by atoms with E-state index >= 15 is 0 Å².